The first-order chi connectivity index (χ1) is 19.2. The summed E-state index contributed by atoms with van der Waals surface area (Å²) in [5.74, 6) is 0.584. The van der Waals surface area contributed by atoms with E-state index >= 15 is 0 Å². The van der Waals surface area contributed by atoms with Gasteiger partial charge >= 0.3 is 30.2 Å². The molecule has 0 bridgehead atoms. The first-order valence-corrected chi connectivity index (χ1v) is 18.2. The van der Waals surface area contributed by atoms with Crippen LogP contribution >= 0.6 is 0 Å². The topological polar surface area (TPSA) is 0 Å². The molecular weight excluding hydrogens is 600 g/mol. The standard InChI is InChI=1S/C20H21.C18H17.2CH3.Si.Zr/c1-12-10-19-14(3)7-9-18(20(19)11-12)17-8-6-13(2)15(4)16(17)5;1-13(2)16-11-15-9-6-10-17(18(15)12-16)14-7-4-3-5-8-14;;;;/h6-11H,1-5H3;3-13H,1-2H3;2*1H3;;/q4*-1;;. The molecule has 0 aliphatic rings. The van der Waals surface area contributed by atoms with Crippen LogP contribution in [0.4, 0.5) is 0 Å². The van der Waals surface area contributed by atoms with Crippen molar-refractivity contribution in [2.45, 2.75) is 54.4 Å². The van der Waals surface area contributed by atoms with E-state index in [1.165, 1.54) is 101 Å². The van der Waals surface area contributed by atoms with Crippen molar-refractivity contribution < 1.29 is 23.3 Å². The summed E-state index contributed by atoms with van der Waals surface area (Å²) in [7, 11) is 0. The number of hydrogen-bond donors (Lipinski definition) is 0. The molecule has 0 aliphatic heterocycles. The molecule has 42 heavy (non-hydrogen) atoms. The fourth-order valence-electron chi connectivity index (χ4n) is 5.53. The van der Waals surface area contributed by atoms with E-state index in [1.54, 1.807) is 0 Å². The van der Waals surface area contributed by atoms with E-state index in [0.717, 1.165) is 0 Å². The van der Waals surface area contributed by atoms with E-state index in [0.29, 0.717) is 5.92 Å². The molecule has 0 fully saturated rings. The van der Waals surface area contributed by atoms with E-state index in [-0.39, 0.29) is 14.9 Å². The van der Waals surface area contributed by atoms with Gasteiger partial charge in [-0.25, -0.2) is 0 Å². The predicted molar refractivity (Wildman–Crippen MR) is 186 cm³/mol. The van der Waals surface area contributed by atoms with Crippen LogP contribution in [0.1, 0.15) is 53.1 Å². The Labute approximate surface area is 272 Å². The summed E-state index contributed by atoms with van der Waals surface area (Å²) in [4.78, 5) is 0. The van der Waals surface area contributed by atoms with Crippen molar-refractivity contribution in [3.8, 4) is 22.3 Å². The van der Waals surface area contributed by atoms with Gasteiger partial charge in [0.25, 0.3) is 0 Å². The molecule has 0 aliphatic carbocycles. The number of benzene rings is 4. The molecule has 6 aromatic carbocycles. The molecule has 0 atom stereocenters. The van der Waals surface area contributed by atoms with Crippen LogP contribution in [-0.2, 0) is 23.3 Å². The first-order valence-electron chi connectivity index (χ1n) is 14.0. The maximum absolute atomic E-state index is 3.06. The minimum atomic E-state index is 0. The zero-order chi connectivity index (χ0) is 29.0. The zero-order valence-corrected chi connectivity index (χ0v) is 30.3. The Morgan fingerprint density at radius 1 is 0.595 bits per heavy atom. The van der Waals surface area contributed by atoms with Gasteiger partial charge in [0.05, 0.1) is 0 Å². The van der Waals surface area contributed by atoms with Gasteiger partial charge in [-0.15, -0.1) is 68.6 Å². The molecule has 0 N–H and O–H groups in total. The number of hydrogen-bond acceptors (Lipinski definition) is 0. The molecule has 0 spiro atoms. The van der Waals surface area contributed by atoms with Gasteiger partial charge in [0, 0.05) is 0 Å². The number of fused-ring (bicyclic) bond motifs is 2. The van der Waals surface area contributed by atoms with Crippen LogP contribution in [0.5, 0.6) is 0 Å². The summed E-state index contributed by atoms with van der Waals surface area (Å²) in [6, 6.07) is 35.4. The molecule has 0 heterocycles. The average Bonchev–Trinajstić information content (AvgIpc) is 3.59. The maximum atomic E-state index is 3.06. The number of rotatable bonds is 3. The predicted octanol–water partition coefficient (Wildman–Crippen LogP) is 11.6. The molecule has 2 heteroatoms. The van der Waals surface area contributed by atoms with Gasteiger partial charge in [-0.3, -0.25) is 0 Å². The van der Waals surface area contributed by atoms with Crippen LogP contribution in [-0.4, -0.2) is 6.88 Å². The van der Waals surface area contributed by atoms with Crippen molar-refractivity contribution in [2.24, 2.45) is 0 Å². The van der Waals surface area contributed by atoms with Gasteiger partial charge in [-0.1, -0.05) is 93.4 Å². The van der Waals surface area contributed by atoms with Gasteiger partial charge in [-0.2, -0.15) is 12.1 Å². The van der Waals surface area contributed by atoms with E-state index in [4.69, 9.17) is 0 Å². The van der Waals surface area contributed by atoms with Gasteiger partial charge < -0.3 is 14.9 Å². The van der Waals surface area contributed by atoms with Crippen molar-refractivity contribution in [1.29, 1.82) is 0 Å². The summed E-state index contributed by atoms with van der Waals surface area (Å²) in [6.45, 7) is 18.6. The fraction of sp³-hybridized carbons (Fsp3) is 0.200. The molecule has 2 radical (unpaired) electrons. The molecule has 0 saturated carbocycles. The summed E-state index contributed by atoms with van der Waals surface area (Å²) in [5.41, 5.74) is 13.7. The molecule has 0 amide bonds. The molecular formula is C40H44SiZr-4. The van der Waals surface area contributed by atoms with E-state index in [9.17, 15) is 0 Å². The van der Waals surface area contributed by atoms with Crippen LogP contribution < -0.4 is 0 Å². The molecule has 0 saturated heterocycles. The van der Waals surface area contributed by atoms with E-state index in [1.807, 2.05) is 0 Å². The second kappa shape index (κ2) is 15.6. The van der Waals surface area contributed by atoms with Gasteiger partial charge in [0.2, 0.25) is 0 Å². The summed E-state index contributed by atoms with van der Waals surface area (Å²) in [5, 5.41) is 5.49. The molecule has 0 nitrogen and oxygen atoms in total. The SMILES string of the molecule is CC(C)c1cc2c(-c3ccccc3)cccc2[cH-]1.Cc1cc2c(-c3ccc(C)c(C)c3C)ccc(C)c2[cH-]1.[CH3-].[CH3-].[Si]=[Zr]. The Morgan fingerprint density at radius 3 is 1.90 bits per heavy atom. The zero-order valence-electron chi connectivity index (χ0n) is 26.8. The second-order valence-corrected chi connectivity index (χ2v) is 11.1. The normalized spacial score (nSPS) is 10.3. The third-order valence-corrected chi connectivity index (χ3v) is 8.12. The Bertz CT molecular complexity index is 1750. The minimum absolute atomic E-state index is 0. The molecule has 6 rings (SSSR count). The average molecular weight is 644 g/mol. The number of aryl methyl sites for hydroxylation is 3. The summed E-state index contributed by atoms with van der Waals surface area (Å²) < 4.78 is 0. The fourth-order valence-corrected chi connectivity index (χ4v) is 5.53. The molecule has 216 valence electrons. The van der Waals surface area contributed by atoms with E-state index < -0.39 is 0 Å². The monoisotopic (exact) mass is 642 g/mol. The Morgan fingerprint density at radius 2 is 1.24 bits per heavy atom. The molecule has 6 aromatic rings. The Balaban J connectivity index is 0.000000266. The summed E-state index contributed by atoms with van der Waals surface area (Å²) in [6.07, 6.45) is 0. The first kappa shape index (κ1) is 35.4. The third kappa shape index (κ3) is 7.39. The van der Waals surface area contributed by atoms with Crippen molar-refractivity contribution in [3.05, 3.63) is 145 Å². The van der Waals surface area contributed by atoms with E-state index in [2.05, 4.69) is 152 Å². The van der Waals surface area contributed by atoms with Crippen LogP contribution in [0, 0.1) is 49.5 Å². The van der Waals surface area contributed by atoms with Crippen molar-refractivity contribution in [1.82, 2.24) is 0 Å². The van der Waals surface area contributed by atoms with Crippen molar-refractivity contribution in [2.75, 3.05) is 0 Å². The third-order valence-electron chi connectivity index (χ3n) is 8.12. The van der Waals surface area contributed by atoms with Crippen LogP contribution in [0.25, 0.3) is 43.8 Å². The van der Waals surface area contributed by atoms with Gasteiger partial charge in [0.1, 0.15) is 0 Å². The van der Waals surface area contributed by atoms with Crippen LogP contribution in [0.2, 0.25) is 0 Å². The van der Waals surface area contributed by atoms with Crippen molar-refractivity contribution >= 4 is 28.4 Å². The Hall–Kier alpha value is -2.80. The quantitative estimate of drug-likeness (QED) is 0.133. The van der Waals surface area contributed by atoms with Gasteiger partial charge in [-0.05, 0) is 54.5 Å². The molecule has 0 aromatic heterocycles. The second-order valence-electron chi connectivity index (χ2n) is 11.1. The van der Waals surface area contributed by atoms with Gasteiger partial charge in [0.15, 0.2) is 0 Å². The van der Waals surface area contributed by atoms with Crippen LogP contribution in [0.3, 0.4) is 0 Å². The van der Waals surface area contributed by atoms with Crippen molar-refractivity contribution in [3.63, 3.8) is 0 Å². The molecule has 0 unspecified atom stereocenters. The summed E-state index contributed by atoms with van der Waals surface area (Å²) >= 11 is 1.36. The van der Waals surface area contributed by atoms with Crippen LogP contribution in [0.15, 0.2) is 97.1 Å². The Kier molecular flexibility index (Phi) is 13.2.